The molecule has 0 saturated heterocycles. The van der Waals surface area contributed by atoms with E-state index in [1.54, 1.807) is 0 Å². The van der Waals surface area contributed by atoms with Crippen LogP contribution in [-0.2, 0) is 0 Å². The van der Waals surface area contributed by atoms with Crippen LogP contribution in [0.3, 0.4) is 0 Å². The van der Waals surface area contributed by atoms with Gasteiger partial charge in [-0.3, -0.25) is 4.90 Å². The number of nitrogens with zero attached hydrogens (tertiary/aromatic N) is 1. The van der Waals surface area contributed by atoms with E-state index in [0.29, 0.717) is 0 Å². The van der Waals surface area contributed by atoms with Crippen molar-refractivity contribution in [2.24, 2.45) is 17.8 Å². The van der Waals surface area contributed by atoms with Crippen molar-refractivity contribution < 1.29 is 0 Å². The van der Waals surface area contributed by atoms with Crippen molar-refractivity contribution in [1.29, 1.82) is 0 Å². The topological polar surface area (TPSA) is 15.3 Å². The van der Waals surface area contributed by atoms with Gasteiger partial charge in [0.1, 0.15) is 0 Å². The molecule has 3 atom stereocenters. The van der Waals surface area contributed by atoms with Crippen molar-refractivity contribution in [1.82, 2.24) is 10.2 Å². The number of hydrogen-bond donors (Lipinski definition) is 1. The van der Waals surface area contributed by atoms with E-state index in [-0.39, 0.29) is 0 Å². The highest BCUT2D eigenvalue weighted by Crippen LogP contribution is 2.38. The molecule has 2 nitrogen and oxygen atoms in total. The third kappa shape index (κ3) is 4.69. The van der Waals surface area contributed by atoms with E-state index in [2.05, 4.69) is 24.1 Å². The molecule has 0 aliphatic heterocycles. The normalized spacial score (nSPS) is 33.6. The summed E-state index contributed by atoms with van der Waals surface area (Å²) in [6, 6.07) is 1.76. The summed E-state index contributed by atoms with van der Waals surface area (Å²) in [6.45, 7) is 8.70. The first kappa shape index (κ1) is 15.8. The van der Waals surface area contributed by atoms with Crippen LogP contribution in [0.15, 0.2) is 0 Å². The fourth-order valence-electron chi connectivity index (χ4n) is 4.28. The van der Waals surface area contributed by atoms with Gasteiger partial charge in [-0.2, -0.15) is 0 Å². The van der Waals surface area contributed by atoms with E-state index in [1.807, 2.05) is 0 Å². The zero-order valence-electron chi connectivity index (χ0n) is 14.3. The van der Waals surface area contributed by atoms with E-state index < -0.39 is 0 Å². The van der Waals surface area contributed by atoms with Gasteiger partial charge in [0.15, 0.2) is 0 Å². The Morgan fingerprint density at radius 2 is 1.67 bits per heavy atom. The highest BCUT2D eigenvalue weighted by atomic mass is 15.2. The molecule has 0 aromatic heterocycles. The first-order valence-electron chi connectivity index (χ1n) is 9.77. The lowest BCUT2D eigenvalue weighted by Crippen LogP contribution is -2.47. The van der Waals surface area contributed by atoms with Crippen LogP contribution in [0.2, 0.25) is 0 Å². The molecule has 21 heavy (non-hydrogen) atoms. The smallest absolute Gasteiger partial charge is 0.0108 e. The van der Waals surface area contributed by atoms with Gasteiger partial charge < -0.3 is 5.32 Å². The van der Waals surface area contributed by atoms with Crippen molar-refractivity contribution in [2.45, 2.75) is 83.7 Å². The van der Waals surface area contributed by atoms with Crippen LogP contribution in [0.4, 0.5) is 0 Å². The largest absolute Gasteiger partial charge is 0.314 e. The molecule has 0 amide bonds. The van der Waals surface area contributed by atoms with Crippen LogP contribution < -0.4 is 5.32 Å². The molecule has 3 aliphatic rings. The number of hydrogen-bond acceptors (Lipinski definition) is 2. The molecule has 3 rings (SSSR count). The molecule has 0 aromatic carbocycles. The van der Waals surface area contributed by atoms with E-state index in [0.717, 1.165) is 29.8 Å². The van der Waals surface area contributed by atoms with Crippen LogP contribution in [0.5, 0.6) is 0 Å². The minimum Gasteiger partial charge on any atom is -0.314 e. The number of nitrogens with one attached hydrogen (secondary N) is 1. The van der Waals surface area contributed by atoms with Gasteiger partial charge in [0.05, 0.1) is 0 Å². The summed E-state index contributed by atoms with van der Waals surface area (Å²) in [5.41, 5.74) is 0. The van der Waals surface area contributed by atoms with E-state index in [4.69, 9.17) is 0 Å². The molecular formula is C19H36N2. The first-order chi connectivity index (χ1) is 10.3. The van der Waals surface area contributed by atoms with Gasteiger partial charge >= 0.3 is 0 Å². The Kier molecular flexibility index (Phi) is 5.61. The fraction of sp³-hybridized carbons (Fsp3) is 1.00. The summed E-state index contributed by atoms with van der Waals surface area (Å²) in [7, 11) is 0. The Balaban J connectivity index is 1.56. The van der Waals surface area contributed by atoms with Gasteiger partial charge in [-0.05, 0) is 75.7 Å². The van der Waals surface area contributed by atoms with E-state index in [1.165, 1.54) is 77.4 Å². The van der Waals surface area contributed by atoms with Gasteiger partial charge in [-0.15, -0.1) is 0 Å². The van der Waals surface area contributed by atoms with Gasteiger partial charge in [0, 0.05) is 25.2 Å². The molecule has 0 radical (unpaired) electrons. The maximum atomic E-state index is 3.87. The Bertz CT molecular complexity index is 309. The lowest BCUT2D eigenvalue weighted by Gasteiger charge is -2.39. The van der Waals surface area contributed by atoms with Crippen molar-refractivity contribution in [3.8, 4) is 0 Å². The molecule has 3 saturated carbocycles. The third-order valence-corrected chi connectivity index (χ3v) is 6.05. The van der Waals surface area contributed by atoms with Gasteiger partial charge in [-0.25, -0.2) is 0 Å². The molecule has 2 heteroatoms. The SMILES string of the molecule is CCCNC1CCC(CC)CC1CN(CC1CC1)C1CC1. The fourth-order valence-corrected chi connectivity index (χ4v) is 4.28. The molecule has 122 valence electrons. The maximum absolute atomic E-state index is 3.87. The average molecular weight is 293 g/mol. The van der Waals surface area contributed by atoms with Crippen LogP contribution in [-0.4, -0.2) is 36.6 Å². The molecule has 0 spiro atoms. The quantitative estimate of drug-likeness (QED) is 0.689. The minimum atomic E-state index is 0.799. The third-order valence-electron chi connectivity index (χ3n) is 6.05. The summed E-state index contributed by atoms with van der Waals surface area (Å²) in [4.78, 5) is 2.89. The molecule has 3 aliphatic carbocycles. The Morgan fingerprint density at radius 3 is 2.29 bits per heavy atom. The molecule has 0 aromatic rings. The van der Waals surface area contributed by atoms with Crippen LogP contribution >= 0.6 is 0 Å². The number of rotatable bonds is 9. The second-order valence-corrected chi connectivity index (χ2v) is 8.04. The van der Waals surface area contributed by atoms with E-state index in [9.17, 15) is 0 Å². The average Bonchev–Trinajstić information content (AvgIpc) is 3.38. The molecule has 0 heterocycles. The maximum Gasteiger partial charge on any atom is 0.0108 e. The zero-order chi connectivity index (χ0) is 14.7. The summed E-state index contributed by atoms with van der Waals surface area (Å²) in [5.74, 6) is 2.96. The highest BCUT2D eigenvalue weighted by molar-refractivity contribution is 4.93. The van der Waals surface area contributed by atoms with Gasteiger partial charge in [-0.1, -0.05) is 20.3 Å². The second kappa shape index (κ2) is 7.46. The highest BCUT2D eigenvalue weighted by Gasteiger charge is 2.37. The summed E-state index contributed by atoms with van der Waals surface area (Å²) in [5, 5.41) is 3.87. The summed E-state index contributed by atoms with van der Waals surface area (Å²) in [6.07, 6.45) is 13.0. The molecule has 3 unspecified atom stereocenters. The van der Waals surface area contributed by atoms with Crippen LogP contribution in [0, 0.1) is 17.8 Å². The molecule has 0 bridgehead atoms. The Morgan fingerprint density at radius 1 is 0.905 bits per heavy atom. The van der Waals surface area contributed by atoms with E-state index >= 15 is 0 Å². The van der Waals surface area contributed by atoms with Gasteiger partial charge in [0.25, 0.3) is 0 Å². The predicted molar refractivity (Wildman–Crippen MR) is 90.5 cm³/mol. The van der Waals surface area contributed by atoms with Gasteiger partial charge in [0.2, 0.25) is 0 Å². The van der Waals surface area contributed by atoms with Crippen molar-refractivity contribution in [2.75, 3.05) is 19.6 Å². The lowest BCUT2D eigenvalue weighted by molar-refractivity contribution is 0.129. The Hall–Kier alpha value is -0.0800. The second-order valence-electron chi connectivity index (χ2n) is 8.04. The minimum absolute atomic E-state index is 0.799. The zero-order valence-corrected chi connectivity index (χ0v) is 14.3. The summed E-state index contributed by atoms with van der Waals surface area (Å²) >= 11 is 0. The first-order valence-corrected chi connectivity index (χ1v) is 9.77. The Labute approximate surface area is 132 Å². The molecule has 1 N–H and O–H groups in total. The van der Waals surface area contributed by atoms with Crippen molar-refractivity contribution >= 4 is 0 Å². The van der Waals surface area contributed by atoms with Crippen molar-refractivity contribution in [3.05, 3.63) is 0 Å². The predicted octanol–water partition coefficient (Wildman–Crippen LogP) is 4.06. The van der Waals surface area contributed by atoms with Crippen LogP contribution in [0.25, 0.3) is 0 Å². The monoisotopic (exact) mass is 292 g/mol. The van der Waals surface area contributed by atoms with Crippen molar-refractivity contribution in [3.63, 3.8) is 0 Å². The summed E-state index contributed by atoms with van der Waals surface area (Å²) < 4.78 is 0. The molecule has 3 fully saturated rings. The standard InChI is InChI=1S/C19H36N2/c1-3-11-20-19-10-7-15(4-2)12-17(19)14-21(18-8-9-18)13-16-5-6-16/h15-20H,3-14H2,1-2H3. The lowest BCUT2D eigenvalue weighted by atomic mass is 9.76. The molecular weight excluding hydrogens is 256 g/mol. The van der Waals surface area contributed by atoms with Crippen LogP contribution in [0.1, 0.15) is 71.6 Å².